The number of thiophene rings is 1. The molecule has 19 heavy (non-hydrogen) atoms. The Morgan fingerprint density at radius 1 is 1.63 bits per heavy atom. The van der Waals surface area contributed by atoms with Gasteiger partial charge in [-0.15, -0.1) is 11.3 Å². The lowest BCUT2D eigenvalue weighted by molar-refractivity contribution is -0.123. The van der Waals surface area contributed by atoms with E-state index >= 15 is 0 Å². The number of amides is 1. The predicted molar refractivity (Wildman–Crippen MR) is 75.1 cm³/mol. The zero-order valence-corrected chi connectivity index (χ0v) is 11.7. The first-order valence-corrected chi connectivity index (χ1v) is 7.49. The number of nitrogens with zero attached hydrogens (tertiary/aromatic N) is 1. The van der Waals surface area contributed by atoms with Gasteiger partial charge in [0.25, 0.3) is 0 Å². The fourth-order valence-electron chi connectivity index (χ4n) is 2.66. The molecule has 0 fully saturated rings. The van der Waals surface area contributed by atoms with Crippen molar-refractivity contribution in [2.75, 3.05) is 0 Å². The molecular weight excluding hydrogens is 258 g/mol. The summed E-state index contributed by atoms with van der Waals surface area (Å²) in [5.41, 5.74) is 1.22. The van der Waals surface area contributed by atoms with Gasteiger partial charge in [-0.25, -0.2) is 4.98 Å². The maximum Gasteiger partial charge on any atom is 0.228 e. The normalized spacial score (nSPS) is 19.7. The van der Waals surface area contributed by atoms with Crippen molar-refractivity contribution in [1.29, 1.82) is 0 Å². The molecule has 100 valence electrons. The van der Waals surface area contributed by atoms with Crippen LogP contribution >= 0.6 is 11.3 Å². The van der Waals surface area contributed by atoms with Crippen LogP contribution in [0.25, 0.3) is 0 Å². The molecule has 0 saturated heterocycles. The Kier molecular flexibility index (Phi) is 3.38. The molecule has 4 nitrogen and oxygen atoms in total. The topological polar surface area (TPSA) is 57.8 Å². The summed E-state index contributed by atoms with van der Waals surface area (Å²) in [7, 11) is 0. The summed E-state index contributed by atoms with van der Waals surface area (Å²) < 4.78 is 0. The third kappa shape index (κ3) is 2.42. The molecule has 5 heteroatoms. The van der Waals surface area contributed by atoms with E-state index in [-0.39, 0.29) is 17.9 Å². The largest absolute Gasteiger partial charge is 0.347 e. The summed E-state index contributed by atoms with van der Waals surface area (Å²) in [6, 6.07) is 2.02. The maximum atomic E-state index is 12.4. The van der Waals surface area contributed by atoms with E-state index in [4.69, 9.17) is 0 Å². The van der Waals surface area contributed by atoms with Gasteiger partial charge in [-0.3, -0.25) is 4.79 Å². The van der Waals surface area contributed by atoms with E-state index in [1.807, 2.05) is 6.92 Å². The Balaban J connectivity index is 1.72. The molecule has 3 rings (SSSR count). The monoisotopic (exact) mass is 275 g/mol. The second kappa shape index (κ2) is 5.17. The number of aromatic amines is 1. The Morgan fingerprint density at radius 3 is 3.32 bits per heavy atom. The zero-order chi connectivity index (χ0) is 13.2. The fraction of sp³-hybridized carbons (Fsp3) is 0.429. The molecule has 1 aliphatic carbocycles. The van der Waals surface area contributed by atoms with Gasteiger partial charge in [-0.05, 0) is 43.2 Å². The van der Waals surface area contributed by atoms with Crippen molar-refractivity contribution in [2.45, 2.75) is 38.1 Å². The average molecular weight is 275 g/mol. The Bertz CT molecular complexity index is 561. The second-order valence-corrected chi connectivity index (χ2v) is 5.95. The highest BCUT2D eigenvalue weighted by atomic mass is 32.1. The van der Waals surface area contributed by atoms with Crippen molar-refractivity contribution in [3.63, 3.8) is 0 Å². The summed E-state index contributed by atoms with van der Waals surface area (Å²) in [4.78, 5) is 21.0. The first-order valence-electron chi connectivity index (χ1n) is 6.61. The third-order valence-electron chi connectivity index (χ3n) is 3.66. The lowest BCUT2D eigenvalue weighted by Crippen LogP contribution is -2.33. The van der Waals surface area contributed by atoms with Crippen molar-refractivity contribution in [2.24, 2.45) is 0 Å². The van der Waals surface area contributed by atoms with Crippen LogP contribution in [0.15, 0.2) is 23.8 Å². The molecule has 2 aromatic heterocycles. The summed E-state index contributed by atoms with van der Waals surface area (Å²) in [5, 5.41) is 5.14. The molecule has 0 radical (unpaired) electrons. The van der Waals surface area contributed by atoms with Crippen LogP contribution in [0.4, 0.5) is 0 Å². The molecule has 2 atom stereocenters. The van der Waals surface area contributed by atoms with E-state index in [1.165, 1.54) is 10.4 Å². The number of hydrogen-bond acceptors (Lipinski definition) is 3. The molecule has 0 bridgehead atoms. The molecule has 0 aromatic carbocycles. The van der Waals surface area contributed by atoms with E-state index in [9.17, 15) is 4.79 Å². The molecule has 1 amide bonds. The zero-order valence-electron chi connectivity index (χ0n) is 10.8. The van der Waals surface area contributed by atoms with E-state index < -0.39 is 0 Å². The standard InChI is InChI=1S/C14H17N3OS/c1-9(13-15-6-7-16-13)17-14(18)11-3-2-4-12-10(11)5-8-19-12/h5-9,11H,2-4H2,1H3,(H,15,16)(H,17,18). The number of carbonyl (C=O) groups excluding carboxylic acids is 1. The van der Waals surface area contributed by atoms with Gasteiger partial charge >= 0.3 is 0 Å². The van der Waals surface area contributed by atoms with Crippen molar-refractivity contribution < 1.29 is 4.79 Å². The molecule has 2 unspecified atom stereocenters. The average Bonchev–Trinajstić information content (AvgIpc) is 3.08. The Hall–Kier alpha value is -1.62. The second-order valence-electron chi connectivity index (χ2n) is 4.95. The van der Waals surface area contributed by atoms with Gasteiger partial charge in [0.1, 0.15) is 5.82 Å². The van der Waals surface area contributed by atoms with Crippen LogP contribution in [0.1, 0.15) is 48.0 Å². The van der Waals surface area contributed by atoms with E-state index in [0.717, 1.165) is 25.1 Å². The highest BCUT2D eigenvalue weighted by molar-refractivity contribution is 7.10. The number of nitrogens with one attached hydrogen (secondary N) is 2. The lowest BCUT2D eigenvalue weighted by atomic mass is 9.87. The van der Waals surface area contributed by atoms with Crippen molar-refractivity contribution in [3.05, 3.63) is 40.1 Å². The van der Waals surface area contributed by atoms with E-state index in [1.54, 1.807) is 23.7 Å². The summed E-state index contributed by atoms with van der Waals surface area (Å²) in [6.07, 6.45) is 6.64. The number of H-pyrrole nitrogens is 1. The number of fused-ring (bicyclic) bond motifs is 1. The van der Waals surface area contributed by atoms with Gasteiger partial charge in [0.05, 0.1) is 12.0 Å². The molecule has 0 aliphatic heterocycles. The van der Waals surface area contributed by atoms with Crippen LogP contribution in [0, 0.1) is 0 Å². The minimum Gasteiger partial charge on any atom is -0.347 e. The fourth-order valence-corrected chi connectivity index (χ4v) is 3.64. The number of carbonyl (C=O) groups is 1. The van der Waals surface area contributed by atoms with Crippen LogP contribution in [0.2, 0.25) is 0 Å². The van der Waals surface area contributed by atoms with E-state index in [2.05, 4.69) is 26.7 Å². The van der Waals surface area contributed by atoms with E-state index in [0.29, 0.717) is 0 Å². The van der Waals surface area contributed by atoms with Gasteiger partial charge in [0.15, 0.2) is 0 Å². The van der Waals surface area contributed by atoms with Crippen LogP contribution in [0.5, 0.6) is 0 Å². The van der Waals surface area contributed by atoms with Crippen LogP contribution in [-0.2, 0) is 11.2 Å². The minimum atomic E-state index is -0.0773. The number of rotatable bonds is 3. The molecule has 1 aliphatic rings. The SMILES string of the molecule is CC(NC(=O)C1CCCc2sccc21)c1ncc[nH]1. The van der Waals surface area contributed by atoms with Crippen LogP contribution in [-0.4, -0.2) is 15.9 Å². The molecule has 2 heterocycles. The van der Waals surface area contributed by atoms with Crippen LogP contribution < -0.4 is 5.32 Å². The lowest BCUT2D eigenvalue weighted by Gasteiger charge is -2.23. The Labute approximate surface area is 116 Å². The summed E-state index contributed by atoms with van der Waals surface area (Å²) in [5.74, 6) is 0.922. The van der Waals surface area contributed by atoms with Gasteiger partial charge in [-0.1, -0.05) is 0 Å². The molecule has 2 N–H and O–H groups in total. The molecule has 0 spiro atoms. The number of imidazole rings is 1. The predicted octanol–water partition coefficient (Wildman–Crippen LogP) is 2.77. The van der Waals surface area contributed by atoms with Crippen molar-refractivity contribution in [1.82, 2.24) is 15.3 Å². The van der Waals surface area contributed by atoms with Crippen molar-refractivity contribution >= 4 is 17.2 Å². The first kappa shape index (κ1) is 12.4. The summed E-state index contributed by atoms with van der Waals surface area (Å²) >= 11 is 1.76. The van der Waals surface area contributed by atoms with Gasteiger partial charge in [0, 0.05) is 17.3 Å². The number of aryl methyl sites for hydroxylation is 1. The van der Waals surface area contributed by atoms with Gasteiger partial charge in [0.2, 0.25) is 5.91 Å². The smallest absolute Gasteiger partial charge is 0.228 e. The minimum absolute atomic E-state index is 0.00686. The third-order valence-corrected chi connectivity index (χ3v) is 4.65. The van der Waals surface area contributed by atoms with Gasteiger partial charge in [-0.2, -0.15) is 0 Å². The highest BCUT2D eigenvalue weighted by Crippen LogP contribution is 2.35. The van der Waals surface area contributed by atoms with Gasteiger partial charge < -0.3 is 10.3 Å². The molecular formula is C14H17N3OS. The maximum absolute atomic E-state index is 12.4. The Morgan fingerprint density at radius 2 is 2.53 bits per heavy atom. The number of hydrogen-bond donors (Lipinski definition) is 2. The first-order chi connectivity index (χ1) is 9.25. The quantitative estimate of drug-likeness (QED) is 0.905. The summed E-state index contributed by atoms with van der Waals surface area (Å²) in [6.45, 7) is 1.95. The molecule has 2 aromatic rings. The highest BCUT2D eigenvalue weighted by Gasteiger charge is 2.28. The van der Waals surface area contributed by atoms with Crippen molar-refractivity contribution in [3.8, 4) is 0 Å². The number of aromatic nitrogens is 2. The van der Waals surface area contributed by atoms with Crippen LogP contribution in [0.3, 0.4) is 0 Å². The molecule has 0 saturated carbocycles.